The van der Waals surface area contributed by atoms with Crippen molar-refractivity contribution >= 4 is 11.6 Å². The quantitative estimate of drug-likeness (QED) is 0.668. The van der Waals surface area contributed by atoms with Gasteiger partial charge >= 0.3 is 5.69 Å². The summed E-state index contributed by atoms with van der Waals surface area (Å²) in [5.41, 5.74) is 2.17. The second-order valence-electron chi connectivity index (χ2n) is 4.38. The van der Waals surface area contributed by atoms with E-state index in [-0.39, 0.29) is 5.69 Å². The summed E-state index contributed by atoms with van der Waals surface area (Å²) in [5.74, 6) is 0.364. The zero-order valence-electron chi connectivity index (χ0n) is 11.5. The fourth-order valence-corrected chi connectivity index (χ4v) is 1.96. The molecular formula is C14H16N4O2. The Balaban J connectivity index is 2.46. The lowest BCUT2D eigenvalue weighted by molar-refractivity contribution is -0.384. The van der Waals surface area contributed by atoms with Crippen LogP contribution in [-0.4, -0.2) is 21.9 Å². The van der Waals surface area contributed by atoms with Crippen LogP contribution in [0, 0.1) is 10.1 Å². The van der Waals surface area contributed by atoms with Crippen molar-refractivity contribution in [3.8, 4) is 11.3 Å². The van der Waals surface area contributed by atoms with E-state index in [1.54, 1.807) is 7.05 Å². The maximum atomic E-state index is 11.1. The fraction of sp³-hybridized carbons (Fsp3) is 0.286. The van der Waals surface area contributed by atoms with Crippen molar-refractivity contribution in [2.75, 3.05) is 12.4 Å². The van der Waals surface area contributed by atoms with Gasteiger partial charge in [0.1, 0.15) is 6.20 Å². The predicted molar refractivity (Wildman–Crippen MR) is 77.7 cm³/mol. The summed E-state index contributed by atoms with van der Waals surface area (Å²) in [7, 11) is 1.68. The van der Waals surface area contributed by atoms with Crippen LogP contribution in [0.5, 0.6) is 0 Å². The van der Waals surface area contributed by atoms with E-state index in [4.69, 9.17) is 0 Å². The zero-order valence-corrected chi connectivity index (χ0v) is 11.5. The summed E-state index contributed by atoms with van der Waals surface area (Å²) in [5, 5.41) is 13.9. The molecule has 0 aliphatic heterocycles. The third-order valence-corrected chi connectivity index (χ3v) is 2.96. The van der Waals surface area contributed by atoms with Crippen molar-refractivity contribution in [2.45, 2.75) is 19.8 Å². The number of benzene rings is 1. The first kappa shape index (κ1) is 13.9. The number of hydrogen-bond acceptors (Lipinski definition) is 5. The van der Waals surface area contributed by atoms with Gasteiger partial charge in [-0.05, 0) is 12.0 Å². The second kappa shape index (κ2) is 6.10. The molecular weight excluding hydrogens is 256 g/mol. The molecule has 0 atom stereocenters. The maximum absolute atomic E-state index is 11.1. The number of aryl methyl sites for hydroxylation is 1. The van der Waals surface area contributed by atoms with Crippen LogP contribution in [0.15, 0.2) is 30.5 Å². The molecule has 2 aromatic rings. The summed E-state index contributed by atoms with van der Waals surface area (Å²) in [6.07, 6.45) is 3.29. The summed E-state index contributed by atoms with van der Waals surface area (Å²) in [6, 6.07) is 7.67. The molecule has 20 heavy (non-hydrogen) atoms. The van der Waals surface area contributed by atoms with Crippen LogP contribution in [0.1, 0.15) is 18.9 Å². The van der Waals surface area contributed by atoms with E-state index in [2.05, 4.69) is 22.2 Å². The fourth-order valence-electron chi connectivity index (χ4n) is 1.96. The van der Waals surface area contributed by atoms with Crippen molar-refractivity contribution in [1.29, 1.82) is 0 Å². The minimum absolute atomic E-state index is 0.0905. The van der Waals surface area contributed by atoms with Gasteiger partial charge in [-0.1, -0.05) is 37.6 Å². The highest BCUT2D eigenvalue weighted by Crippen LogP contribution is 2.28. The van der Waals surface area contributed by atoms with Crippen LogP contribution >= 0.6 is 0 Å². The highest BCUT2D eigenvalue weighted by molar-refractivity contribution is 5.70. The molecule has 0 aliphatic carbocycles. The van der Waals surface area contributed by atoms with Crippen molar-refractivity contribution in [3.63, 3.8) is 0 Å². The number of hydrogen-bond donors (Lipinski definition) is 1. The van der Waals surface area contributed by atoms with Crippen molar-refractivity contribution < 1.29 is 4.92 Å². The van der Waals surface area contributed by atoms with Crippen LogP contribution in [0.3, 0.4) is 0 Å². The monoisotopic (exact) mass is 272 g/mol. The Morgan fingerprint density at radius 3 is 2.55 bits per heavy atom. The first-order chi connectivity index (χ1) is 9.65. The topological polar surface area (TPSA) is 81.0 Å². The van der Waals surface area contributed by atoms with E-state index in [9.17, 15) is 10.1 Å². The average Bonchev–Trinajstić information content (AvgIpc) is 2.47. The molecule has 1 N–H and O–H groups in total. The molecule has 0 bridgehead atoms. The van der Waals surface area contributed by atoms with Gasteiger partial charge in [0.15, 0.2) is 5.69 Å². The second-order valence-corrected chi connectivity index (χ2v) is 4.38. The minimum Gasteiger partial charge on any atom is -0.357 e. The van der Waals surface area contributed by atoms with E-state index in [1.165, 1.54) is 11.8 Å². The Bertz CT molecular complexity index is 611. The van der Waals surface area contributed by atoms with E-state index in [0.29, 0.717) is 11.6 Å². The molecule has 0 saturated carbocycles. The van der Waals surface area contributed by atoms with Gasteiger partial charge in [0.25, 0.3) is 0 Å². The molecule has 0 spiro atoms. The van der Waals surface area contributed by atoms with Gasteiger partial charge in [-0.25, -0.2) is 9.97 Å². The Morgan fingerprint density at radius 2 is 2.00 bits per heavy atom. The van der Waals surface area contributed by atoms with Crippen LogP contribution in [0.4, 0.5) is 11.6 Å². The van der Waals surface area contributed by atoms with Gasteiger partial charge in [-0.3, -0.25) is 10.1 Å². The van der Waals surface area contributed by atoms with Gasteiger partial charge in [-0.2, -0.15) is 0 Å². The number of anilines is 1. The van der Waals surface area contributed by atoms with Gasteiger partial charge in [0, 0.05) is 12.6 Å². The van der Waals surface area contributed by atoms with Crippen molar-refractivity contribution in [1.82, 2.24) is 9.97 Å². The number of nitrogens with zero attached hydrogens (tertiary/aromatic N) is 3. The van der Waals surface area contributed by atoms with Crippen molar-refractivity contribution in [2.24, 2.45) is 0 Å². The molecule has 0 radical (unpaired) electrons. The first-order valence-corrected chi connectivity index (χ1v) is 6.44. The molecule has 0 saturated heterocycles. The van der Waals surface area contributed by atoms with Crippen LogP contribution in [0.25, 0.3) is 11.3 Å². The molecule has 6 nitrogen and oxygen atoms in total. The highest BCUT2D eigenvalue weighted by atomic mass is 16.6. The van der Waals surface area contributed by atoms with E-state index in [0.717, 1.165) is 18.4 Å². The Morgan fingerprint density at radius 1 is 1.30 bits per heavy atom. The largest absolute Gasteiger partial charge is 0.357 e. The van der Waals surface area contributed by atoms with E-state index < -0.39 is 4.92 Å². The smallest absolute Gasteiger partial charge is 0.313 e. The first-order valence-electron chi connectivity index (χ1n) is 6.44. The predicted octanol–water partition coefficient (Wildman–Crippen LogP) is 3.05. The average molecular weight is 272 g/mol. The molecule has 1 aromatic carbocycles. The molecule has 0 amide bonds. The number of aromatic nitrogens is 2. The van der Waals surface area contributed by atoms with Gasteiger partial charge in [0.2, 0.25) is 5.95 Å². The lowest BCUT2D eigenvalue weighted by Crippen LogP contribution is -2.01. The Labute approximate surface area is 117 Å². The van der Waals surface area contributed by atoms with Gasteiger partial charge in [0.05, 0.1) is 4.92 Å². The Kier molecular flexibility index (Phi) is 4.24. The standard InChI is InChI=1S/C14H16N4O2/c1-3-4-10-5-7-11(8-6-10)13-12(18(19)20)9-16-14(15-2)17-13/h5-9H,3-4H2,1-2H3,(H,15,16,17). The minimum atomic E-state index is -0.464. The summed E-state index contributed by atoms with van der Waals surface area (Å²) < 4.78 is 0. The molecule has 1 aromatic heterocycles. The third-order valence-electron chi connectivity index (χ3n) is 2.96. The number of nitrogens with one attached hydrogen (secondary N) is 1. The molecule has 104 valence electrons. The zero-order chi connectivity index (χ0) is 14.5. The maximum Gasteiger partial charge on any atom is 0.313 e. The van der Waals surface area contributed by atoms with Gasteiger partial charge < -0.3 is 5.32 Å². The lowest BCUT2D eigenvalue weighted by Gasteiger charge is -2.06. The van der Waals surface area contributed by atoms with Gasteiger partial charge in [-0.15, -0.1) is 0 Å². The van der Waals surface area contributed by atoms with Crippen molar-refractivity contribution in [3.05, 3.63) is 46.1 Å². The molecule has 1 heterocycles. The normalized spacial score (nSPS) is 10.3. The third kappa shape index (κ3) is 2.90. The van der Waals surface area contributed by atoms with E-state index >= 15 is 0 Å². The molecule has 0 unspecified atom stereocenters. The molecule has 2 rings (SSSR count). The number of rotatable bonds is 5. The van der Waals surface area contributed by atoms with E-state index in [1.807, 2.05) is 24.3 Å². The molecule has 0 aliphatic rings. The SMILES string of the molecule is CCCc1ccc(-c2nc(NC)ncc2[N+](=O)[O-])cc1. The lowest BCUT2D eigenvalue weighted by atomic mass is 10.1. The summed E-state index contributed by atoms with van der Waals surface area (Å²) in [4.78, 5) is 18.7. The van der Waals surface area contributed by atoms with Crippen LogP contribution < -0.4 is 5.32 Å². The Hall–Kier alpha value is -2.50. The summed E-state index contributed by atoms with van der Waals surface area (Å²) >= 11 is 0. The summed E-state index contributed by atoms with van der Waals surface area (Å²) in [6.45, 7) is 2.11. The highest BCUT2D eigenvalue weighted by Gasteiger charge is 2.18. The van der Waals surface area contributed by atoms with Crippen LogP contribution in [0.2, 0.25) is 0 Å². The number of nitro groups is 1. The van der Waals surface area contributed by atoms with Crippen LogP contribution in [-0.2, 0) is 6.42 Å². The molecule has 0 fully saturated rings. The molecule has 6 heteroatoms.